The topological polar surface area (TPSA) is 57.4 Å². The van der Waals surface area contributed by atoms with Gasteiger partial charge in [-0.15, -0.1) is 0 Å². The molecule has 0 aromatic carbocycles. The van der Waals surface area contributed by atoms with E-state index in [4.69, 9.17) is 9.40 Å². The molecular formula is C20H27N5O. The molecule has 0 saturated carbocycles. The van der Waals surface area contributed by atoms with Crippen LogP contribution in [-0.4, -0.2) is 53.6 Å². The standard InChI is InChI=1S/C20H27N5O/c1-2-4-13-25(12-3-1)19-9-10-21-20(23-19)22-17-15-24(16-17)11-5-7-18-8-6-14-26-18/h5-10,14,17H,1-4,11-13,15-16H2,(H,21,22,23)/b7-5+. The maximum Gasteiger partial charge on any atom is 0.224 e. The van der Waals surface area contributed by atoms with Crippen LogP contribution in [-0.2, 0) is 0 Å². The van der Waals surface area contributed by atoms with E-state index in [1.807, 2.05) is 30.5 Å². The quantitative estimate of drug-likeness (QED) is 0.860. The Kier molecular flexibility index (Phi) is 5.50. The zero-order valence-electron chi connectivity index (χ0n) is 15.2. The second-order valence-electron chi connectivity index (χ2n) is 7.12. The van der Waals surface area contributed by atoms with Crippen LogP contribution in [0.1, 0.15) is 31.4 Å². The van der Waals surface area contributed by atoms with Gasteiger partial charge in [0.2, 0.25) is 5.95 Å². The highest BCUT2D eigenvalue weighted by Crippen LogP contribution is 2.19. The Morgan fingerprint density at radius 2 is 2.00 bits per heavy atom. The van der Waals surface area contributed by atoms with Crippen molar-refractivity contribution in [2.75, 3.05) is 42.9 Å². The van der Waals surface area contributed by atoms with Gasteiger partial charge in [-0.25, -0.2) is 4.98 Å². The monoisotopic (exact) mass is 353 g/mol. The average molecular weight is 353 g/mol. The lowest BCUT2D eigenvalue weighted by molar-refractivity contribution is 0.181. The number of anilines is 2. The molecule has 138 valence electrons. The number of rotatable bonds is 6. The first kappa shape index (κ1) is 17.1. The van der Waals surface area contributed by atoms with Crippen LogP contribution in [0.2, 0.25) is 0 Å². The van der Waals surface area contributed by atoms with E-state index in [0.29, 0.717) is 6.04 Å². The van der Waals surface area contributed by atoms with Crippen molar-refractivity contribution in [2.24, 2.45) is 0 Å². The van der Waals surface area contributed by atoms with Crippen LogP contribution in [0.3, 0.4) is 0 Å². The van der Waals surface area contributed by atoms with Gasteiger partial charge in [-0.2, -0.15) is 4.98 Å². The number of likely N-dealkylation sites (tertiary alicyclic amines) is 1. The van der Waals surface area contributed by atoms with Gasteiger partial charge in [0.15, 0.2) is 0 Å². The minimum absolute atomic E-state index is 0.423. The summed E-state index contributed by atoms with van der Waals surface area (Å²) in [6, 6.07) is 6.32. The van der Waals surface area contributed by atoms with E-state index >= 15 is 0 Å². The third kappa shape index (κ3) is 4.43. The lowest BCUT2D eigenvalue weighted by Crippen LogP contribution is -2.54. The normalized spacial score (nSPS) is 19.5. The summed E-state index contributed by atoms with van der Waals surface area (Å²) in [5.41, 5.74) is 0. The van der Waals surface area contributed by atoms with Crippen LogP contribution in [0.25, 0.3) is 6.08 Å². The highest BCUT2D eigenvalue weighted by Gasteiger charge is 2.26. The van der Waals surface area contributed by atoms with Crippen molar-refractivity contribution in [2.45, 2.75) is 31.7 Å². The summed E-state index contributed by atoms with van der Waals surface area (Å²) in [5, 5.41) is 3.47. The van der Waals surface area contributed by atoms with Gasteiger partial charge in [0, 0.05) is 38.9 Å². The van der Waals surface area contributed by atoms with E-state index in [1.165, 1.54) is 25.7 Å². The minimum Gasteiger partial charge on any atom is -0.465 e. The summed E-state index contributed by atoms with van der Waals surface area (Å²) in [7, 11) is 0. The summed E-state index contributed by atoms with van der Waals surface area (Å²) < 4.78 is 5.30. The van der Waals surface area contributed by atoms with Gasteiger partial charge in [0.1, 0.15) is 11.6 Å². The summed E-state index contributed by atoms with van der Waals surface area (Å²) in [4.78, 5) is 13.9. The fraction of sp³-hybridized carbons (Fsp3) is 0.500. The largest absolute Gasteiger partial charge is 0.465 e. The van der Waals surface area contributed by atoms with Crippen molar-refractivity contribution in [3.8, 4) is 0 Å². The molecule has 2 aliphatic heterocycles. The molecule has 26 heavy (non-hydrogen) atoms. The zero-order valence-corrected chi connectivity index (χ0v) is 15.2. The minimum atomic E-state index is 0.423. The van der Waals surface area contributed by atoms with Crippen LogP contribution < -0.4 is 10.2 Å². The molecule has 0 atom stereocenters. The van der Waals surface area contributed by atoms with E-state index < -0.39 is 0 Å². The van der Waals surface area contributed by atoms with Gasteiger partial charge in [-0.05, 0) is 37.1 Å². The zero-order chi connectivity index (χ0) is 17.6. The van der Waals surface area contributed by atoms with Crippen molar-refractivity contribution < 1.29 is 4.42 Å². The van der Waals surface area contributed by atoms with Crippen molar-refractivity contribution in [3.63, 3.8) is 0 Å². The molecule has 0 aliphatic carbocycles. The summed E-state index contributed by atoms with van der Waals surface area (Å²) in [5.74, 6) is 2.71. The number of hydrogen-bond donors (Lipinski definition) is 1. The SMILES string of the molecule is C(=C\c1ccco1)/CN1CC(Nc2nccc(N3CCCCCC3)n2)C1. The summed E-state index contributed by atoms with van der Waals surface area (Å²) in [6.45, 7) is 5.18. The Hall–Kier alpha value is -2.34. The Bertz CT molecular complexity index is 701. The van der Waals surface area contributed by atoms with Crippen LogP contribution in [0.4, 0.5) is 11.8 Å². The molecule has 2 aromatic heterocycles. The Balaban J connectivity index is 1.24. The lowest BCUT2D eigenvalue weighted by atomic mass is 10.1. The predicted molar refractivity (Wildman–Crippen MR) is 104 cm³/mol. The number of aromatic nitrogens is 2. The van der Waals surface area contributed by atoms with E-state index in [9.17, 15) is 0 Å². The number of nitrogens with zero attached hydrogens (tertiary/aromatic N) is 4. The molecular weight excluding hydrogens is 326 g/mol. The molecule has 4 rings (SSSR count). The second-order valence-corrected chi connectivity index (χ2v) is 7.12. The van der Waals surface area contributed by atoms with Crippen LogP contribution >= 0.6 is 0 Å². The number of nitrogens with one attached hydrogen (secondary N) is 1. The fourth-order valence-corrected chi connectivity index (χ4v) is 3.59. The third-order valence-corrected chi connectivity index (χ3v) is 5.05. The first-order valence-corrected chi connectivity index (χ1v) is 9.64. The van der Waals surface area contributed by atoms with Gasteiger partial charge in [-0.1, -0.05) is 18.9 Å². The van der Waals surface area contributed by atoms with E-state index in [0.717, 1.165) is 50.3 Å². The van der Waals surface area contributed by atoms with Gasteiger partial charge in [-0.3, -0.25) is 4.90 Å². The Morgan fingerprint density at radius 3 is 2.77 bits per heavy atom. The number of furan rings is 1. The van der Waals surface area contributed by atoms with Crippen molar-refractivity contribution in [1.29, 1.82) is 0 Å². The first-order chi connectivity index (χ1) is 12.9. The summed E-state index contributed by atoms with van der Waals surface area (Å²) >= 11 is 0. The maximum atomic E-state index is 5.30. The molecule has 6 nitrogen and oxygen atoms in total. The highest BCUT2D eigenvalue weighted by molar-refractivity contribution is 5.44. The molecule has 4 heterocycles. The smallest absolute Gasteiger partial charge is 0.224 e. The molecule has 1 N–H and O–H groups in total. The fourth-order valence-electron chi connectivity index (χ4n) is 3.59. The second kappa shape index (κ2) is 8.36. The Labute approximate surface area is 154 Å². The van der Waals surface area contributed by atoms with E-state index in [2.05, 4.69) is 26.2 Å². The van der Waals surface area contributed by atoms with Crippen molar-refractivity contribution in [1.82, 2.24) is 14.9 Å². The van der Waals surface area contributed by atoms with Crippen LogP contribution in [0, 0.1) is 0 Å². The Morgan fingerprint density at radius 1 is 1.15 bits per heavy atom. The summed E-state index contributed by atoms with van der Waals surface area (Å²) in [6.07, 6.45) is 12.9. The molecule has 0 radical (unpaired) electrons. The van der Waals surface area contributed by atoms with Crippen LogP contribution in [0.15, 0.2) is 41.2 Å². The van der Waals surface area contributed by atoms with Crippen molar-refractivity contribution >= 4 is 17.8 Å². The first-order valence-electron chi connectivity index (χ1n) is 9.64. The van der Waals surface area contributed by atoms with Gasteiger partial charge in [0.05, 0.1) is 12.3 Å². The van der Waals surface area contributed by atoms with Crippen molar-refractivity contribution in [3.05, 3.63) is 42.5 Å². The maximum absolute atomic E-state index is 5.30. The van der Waals surface area contributed by atoms with Gasteiger partial charge in [0.25, 0.3) is 0 Å². The molecule has 0 unspecified atom stereocenters. The van der Waals surface area contributed by atoms with Gasteiger partial charge < -0.3 is 14.6 Å². The number of hydrogen-bond acceptors (Lipinski definition) is 6. The molecule has 6 heteroatoms. The highest BCUT2D eigenvalue weighted by atomic mass is 16.3. The molecule has 0 spiro atoms. The van der Waals surface area contributed by atoms with E-state index in [1.54, 1.807) is 6.26 Å². The molecule has 0 bridgehead atoms. The molecule has 0 amide bonds. The van der Waals surface area contributed by atoms with E-state index in [-0.39, 0.29) is 0 Å². The third-order valence-electron chi connectivity index (χ3n) is 5.05. The molecule has 2 aromatic rings. The predicted octanol–water partition coefficient (Wildman–Crippen LogP) is 3.26. The van der Waals surface area contributed by atoms with Crippen LogP contribution in [0.5, 0.6) is 0 Å². The molecule has 2 aliphatic rings. The lowest BCUT2D eigenvalue weighted by Gasteiger charge is -2.39. The average Bonchev–Trinajstić information content (AvgIpc) is 2.99. The molecule has 2 saturated heterocycles. The molecule has 2 fully saturated rings. The van der Waals surface area contributed by atoms with Gasteiger partial charge >= 0.3 is 0 Å².